The van der Waals surface area contributed by atoms with Gasteiger partial charge in [-0.2, -0.15) is 0 Å². The molecule has 3 aliphatic carbocycles. The average Bonchev–Trinajstić information content (AvgIpc) is 2.62. The lowest BCUT2D eigenvalue weighted by Crippen LogP contribution is -2.75. The summed E-state index contributed by atoms with van der Waals surface area (Å²) in [6.07, 6.45) is 0.350. The summed E-state index contributed by atoms with van der Waals surface area (Å²) >= 11 is 0. The van der Waals surface area contributed by atoms with E-state index in [0.717, 1.165) is 6.42 Å². The third kappa shape index (κ3) is 2.18. The van der Waals surface area contributed by atoms with E-state index >= 15 is 0 Å². The molecule has 10 atom stereocenters. The zero-order valence-corrected chi connectivity index (χ0v) is 17.9. The van der Waals surface area contributed by atoms with Crippen molar-refractivity contribution in [3.63, 3.8) is 0 Å². The molecule has 0 aromatic carbocycles. The maximum absolute atomic E-state index is 13.7. The minimum atomic E-state index is -1.20. The summed E-state index contributed by atoms with van der Waals surface area (Å²) in [7, 11) is 1.82. The Morgan fingerprint density at radius 2 is 1.82 bits per heavy atom. The normalized spacial score (nSPS) is 55.4. The molecule has 0 aromatic rings. The summed E-state index contributed by atoms with van der Waals surface area (Å²) in [5.41, 5.74) is -2.99. The van der Waals surface area contributed by atoms with Crippen LogP contribution in [0.15, 0.2) is 0 Å². The molecule has 6 nitrogen and oxygen atoms in total. The summed E-state index contributed by atoms with van der Waals surface area (Å²) < 4.78 is 5.90. The van der Waals surface area contributed by atoms with E-state index in [1.54, 1.807) is 6.92 Å². The molecule has 1 saturated heterocycles. The van der Waals surface area contributed by atoms with Gasteiger partial charge in [0.05, 0.1) is 23.2 Å². The van der Waals surface area contributed by atoms with E-state index < -0.39 is 40.0 Å². The first-order valence-corrected chi connectivity index (χ1v) is 10.7. The van der Waals surface area contributed by atoms with Crippen molar-refractivity contribution in [2.24, 2.45) is 40.4 Å². The molecule has 28 heavy (non-hydrogen) atoms. The standard InChI is InChI=1S/C22H35NO5/c1-10-7-8-22(27)11(2)16-14-12(28-19(14)23-6)9-13(24)21(16,5)18(26)17(25)15(10)20(22,3)4/h10-16,19,23-24,27H,7-9H2,1-6H3. The van der Waals surface area contributed by atoms with Crippen LogP contribution in [0.25, 0.3) is 0 Å². The number of Topliss-reactive ketones (excluding diaryl/α,β-unsaturated/α-hetero) is 2. The largest absolute Gasteiger partial charge is 0.392 e. The monoisotopic (exact) mass is 393 g/mol. The smallest absolute Gasteiger partial charge is 0.207 e. The lowest BCUT2D eigenvalue weighted by molar-refractivity contribution is -0.299. The number of aliphatic hydroxyl groups is 2. The van der Waals surface area contributed by atoms with Gasteiger partial charge in [-0.3, -0.25) is 14.9 Å². The molecule has 6 heteroatoms. The highest BCUT2D eigenvalue weighted by atomic mass is 16.5. The van der Waals surface area contributed by atoms with Crippen LogP contribution in [0.4, 0.5) is 0 Å². The number of carbonyl (C=O) groups is 2. The molecule has 2 bridgehead atoms. The lowest BCUT2D eigenvalue weighted by atomic mass is 9.42. The van der Waals surface area contributed by atoms with Crippen molar-refractivity contribution < 1.29 is 24.5 Å². The Hall–Kier alpha value is -0.820. The highest BCUT2D eigenvalue weighted by molar-refractivity contribution is 6.40. The highest BCUT2D eigenvalue weighted by Crippen LogP contribution is 2.64. The Bertz CT molecular complexity index is 707. The number of hydrogen-bond acceptors (Lipinski definition) is 6. The van der Waals surface area contributed by atoms with E-state index in [2.05, 4.69) is 5.32 Å². The zero-order chi connectivity index (χ0) is 20.8. The molecule has 0 amide bonds. The van der Waals surface area contributed by atoms with Crippen LogP contribution in [0.1, 0.15) is 53.9 Å². The van der Waals surface area contributed by atoms with E-state index in [9.17, 15) is 19.8 Å². The number of rotatable bonds is 1. The second kappa shape index (κ2) is 6.10. The van der Waals surface area contributed by atoms with Crippen LogP contribution in [-0.4, -0.2) is 52.9 Å². The van der Waals surface area contributed by atoms with Crippen molar-refractivity contribution in [2.75, 3.05) is 7.05 Å². The van der Waals surface area contributed by atoms with Gasteiger partial charge in [0.1, 0.15) is 6.23 Å². The first kappa shape index (κ1) is 20.5. The SMILES string of the molecule is CNC1OC2CC(O)C3(C)C(=O)C(=O)C4C(C)CCC(O)(C(C)C3C21)C4(C)C. The quantitative estimate of drug-likeness (QED) is 0.585. The Balaban J connectivity index is 1.92. The summed E-state index contributed by atoms with van der Waals surface area (Å²) in [6.45, 7) is 9.67. The van der Waals surface area contributed by atoms with Crippen LogP contribution in [0, 0.1) is 40.4 Å². The van der Waals surface area contributed by atoms with Crippen molar-refractivity contribution in [3.05, 3.63) is 0 Å². The molecule has 1 aliphatic heterocycles. The molecular formula is C22H35NO5. The average molecular weight is 394 g/mol. The molecule has 158 valence electrons. The van der Waals surface area contributed by atoms with E-state index in [4.69, 9.17) is 4.74 Å². The predicted molar refractivity (Wildman–Crippen MR) is 103 cm³/mol. The van der Waals surface area contributed by atoms with E-state index in [1.807, 2.05) is 34.7 Å². The van der Waals surface area contributed by atoms with Crippen LogP contribution < -0.4 is 5.32 Å². The van der Waals surface area contributed by atoms with Gasteiger partial charge in [0.15, 0.2) is 0 Å². The Morgan fingerprint density at radius 1 is 1.18 bits per heavy atom. The fourth-order valence-corrected chi connectivity index (χ4v) is 7.63. The van der Waals surface area contributed by atoms with Gasteiger partial charge in [0, 0.05) is 23.7 Å². The molecule has 3 N–H and O–H groups in total. The van der Waals surface area contributed by atoms with Crippen LogP contribution in [0.2, 0.25) is 0 Å². The summed E-state index contributed by atoms with van der Waals surface area (Å²) in [6, 6.07) is 0. The highest BCUT2D eigenvalue weighted by Gasteiger charge is 2.71. The first-order valence-electron chi connectivity index (χ1n) is 10.7. The van der Waals surface area contributed by atoms with Crippen molar-refractivity contribution in [1.82, 2.24) is 5.32 Å². The Kier molecular flexibility index (Phi) is 4.45. The van der Waals surface area contributed by atoms with Crippen molar-refractivity contribution in [3.8, 4) is 0 Å². The number of ketones is 2. The minimum Gasteiger partial charge on any atom is -0.392 e. The Labute approximate surface area is 167 Å². The topological polar surface area (TPSA) is 95.9 Å². The third-order valence-corrected chi connectivity index (χ3v) is 9.37. The summed E-state index contributed by atoms with van der Waals surface area (Å²) in [5, 5.41) is 26.3. The zero-order valence-electron chi connectivity index (χ0n) is 17.9. The molecule has 0 aromatic heterocycles. The number of ether oxygens (including phenoxy) is 1. The third-order valence-electron chi connectivity index (χ3n) is 9.37. The lowest BCUT2D eigenvalue weighted by Gasteiger charge is -2.66. The molecule has 0 radical (unpaired) electrons. The van der Waals surface area contributed by atoms with Crippen LogP contribution in [0.3, 0.4) is 0 Å². The molecule has 10 unspecified atom stereocenters. The van der Waals surface area contributed by atoms with Gasteiger partial charge in [-0.05, 0) is 44.6 Å². The van der Waals surface area contributed by atoms with Crippen molar-refractivity contribution >= 4 is 11.6 Å². The molecule has 4 fully saturated rings. The molecule has 1 heterocycles. The maximum atomic E-state index is 13.7. The molecule has 4 rings (SSSR count). The maximum Gasteiger partial charge on any atom is 0.207 e. The number of hydrogen-bond donors (Lipinski definition) is 3. The van der Waals surface area contributed by atoms with Gasteiger partial charge in [-0.25, -0.2) is 0 Å². The number of aliphatic hydroxyl groups excluding tert-OH is 1. The van der Waals surface area contributed by atoms with E-state index in [1.165, 1.54) is 0 Å². The number of nitrogens with one attached hydrogen (secondary N) is 1. The summed E-state index contributed by atoms with van der Waals surface area (Å²) in [5.74, 6) is -1.95. The van der Waals surface area contributed by atoms with Crippen LogP contribution in [-0.2, 0) is 14.3 Å². The second-order valence-electron chi connectivity index (χ2n) is 10.6. The van der Waals surface area contributed by atoms with E-state index in [0.29, 0.717) is 12.8 Å². The molecular weight excluding hydrogens is 358 g/mol. The predicted octanol–water partition coefficient (Wildman–Crippen LogP) is 1.53. The van der Waals surface area contributed by atoms with Gasteiger partial charge >= 0.3 is 0 Å². The van der Waals surface area contributed by atoms with Gasteiger partial charge in [-0.1, -0.05) is 27.7 Å². The summed E-state index contributed by atoms with van der Waals surface area (Å²) in [4.78, 5) is 27.2. The van der Waals surface area contributed by atoms with Crippen molar-refractivity contribution in [1.29, 1.82) is 0 Å². The fraction of sp³-hybridized carbons (Fsp3) is 0.909. The molecule has 0 spiro atoms. The minimum absolute atomic E-state index is 0.0131. The molecule has 3 saturated carbocycles. The fourth-order valence-electron chi connectivity index (χ4n) is 7.63. The van der Waals surface area contributed by atoms with Gasteiger partial charge in [0.25, 0.3) is 0 Å². The van der Waals surface area contributed by atoms with Crippen LogP contribution >= 0.6 is 0 Å². The Morgan fingerprint density at radius 3 is 2.43 bits per heavy atom. The van der Waals surface area contributed by atoms with Gasteiger partial charge < -0.3 is 14.9 Å². The van der Waals surface area contributed by atoms with Crippen molar-refractivity contribution in [2.45, 2.75) is 77.9 Å². The number of fused-ring (bicyclic) bond motifs is 5. The first-order chi connectivity index (χ1) is 12.9. The van der Waals surface area contributed by atoms with Crippen LogP contribution in [0.5, 0.6) is 0 Å². The van der Waals surface area contributed by atoms with Gasteiger partial charge in [0.2, 0.25) is 11.6 Å². The number of carbonyl (C=O) groups excluding carboxylic acids is 2. The van der Waals surface area contributed by atoms with E-state index in [-0.39, 0.29) is 36.0 Å². The van der Waals surface area contributed by atoms with Gasteiger partial charge in [-0.15, -0.1) is 0 Å². The molecule has 4 aliphatic rings. The second-order valence-corrected chi connectivity index (χ2v) is 10.6.